The quantitative estimate of drug-likeness (QED) is 0.647. The molecule has 2 aliphatic rings. The summed E-state index contributed by atoms with van der Waals surface area (Å²) >= 11 is 3.41. The second-order valence-electron chi connectivity index (χ2n) is 8.53. The van der Waals surface area contributed by atoms with E-state index in [1.807, 2.05) is 29.2 Å². The first kappa shape index (κ1) is 21.1. The molecular formula is C25H29BrN2O2. The molecule has 2 fully saturated rings. The fraction of sp³-hybridized carbons (Fsp3) is 0.440. The fourth-order valence-electron chi connectivity index (χ4n) is 4.67. The van der Waals surface area contributed by atoms with Crippen LogP contribution in [0.2, 0.25) is 0 Å². The van der Waals surface area contributed by atoms with Crippen molar-refractivity contribution in [2.24, 2.45) is 11.8 Å². The van der Waals surface area contributed by atoms with Crippen molar-refractivity contribution in [3.63, 3.8) is 0 Å². The average Bonchev–Trinajstić information content (AvgIpc) is 2.80. The number of amides is 2. The van der Waals surface area contributed by atoms with Crippen LogP contribution in [-0.4, -0.2) is 47.8 Å². The lowest BCUT2D eigenvalue weighted by Gasteiger charge is -2.37. The normalized spacial score (nSPS) is 18.4. The molecule has 158 valence electrons. The van der Waals surface area contributed by atoms with E-state index in [-0.39, 0.29) is 11.8 Å². The van der Waals surface area contributed by atoms with Crippen molar-refractivity contribution in [1.29, 1.82) is 0 Å². The lowest BCUT2D eigenvalue weighted by molar-refractivity contribution is -0.138. The van der Waals surface area contributed by atoms with Gasteiger partial charge in [-0.05, 0) is 67.9 Å². The highest BCUT2D eigenvalue weighted by Gasteiger charge is 2.32. The molecule has 2 heterocycles. The molecule has 5 heteroatoms. The van der Waals surface area contributed by atoms with Crippen molar-refractivity contribution in [1.82, 2.24) is 9.80 Å². The fourth-order valence-corrected chi connectivity index (χ4v) is 4.93. The van der Waals surface area contributed by atoms with Gasteiger partial charge in [-0.25, -0.2) is 0 Å². The molecule has 0 bridgehead atoms. The minimum absolute atomic E-state index is 0.0599. The zero-order valence-electron chi connectivity index (χ0n) is 17.3. The maximum absolute atomic E-state index is 13.0. The predicted molar refractivity (Wildman–Crippen MR) is 122 cm³/mol. The van der Waals surface area contributed by atoms with E-state index in [0.29, 0.717) is 30.5 Å². The van der Waals surface area contributed by atoms with Gasteiger partial charge in [0.25, 0.3) is 5.91 Å². The van der Waals surface area contributed by atoms with Crippen molar-refractivity contribution in [3.8, 4) is 0 Å². The van der Waals surface area contributed by atoms with Gasteiger partial charge in [-0.15, -0.1) is 0 Å². The van der Waals surface area contributed by atoms with Gasteiger partial charge in [-0.1, -0.05) is 46.3 Å². The monoisotopic (exact) mass is 468 g/mol. The summed E-state index contributed by atoms with van der Waals surface area (Å²) in [7, 11) is 0. The highest BCUT2D eigenvalue weighted by molar-refractivity contribution is 9.10. The van der Waals surface area contributed by atoms with Gasteiger partial charge in [0.05, 0.1) is 0 Å². The topological polar surface area (TPSA) is 40.6 Å². The Balaban J connectivity index is 1.24. The van der Waals surface area contributed by atoms with E-state index < -0.39 is 0 Å². The van der Waals surface area contributed by atoms with Gasteiger partial charge in [0.15, 0.2) is 0 Å². The SMILES string of the molecule is O=C(c1ccc(Br)cc1)N1CCC(C(=O)N2CCC(Cc3ccccc3)CC2)CC1. The molecule has 4 rings (SSSR count). The van der Waals surface area contributed by atoms with Crippen molar-refractivity contribution in [2.75, 3.05) is 26.2 Å². The van der Waals surface area contributed by atoms with Crippen molar-refractivity contribution in [2.45, 2.75) is 32.1 Å². The van der Waals surface area contributed by atoms with Gasteiger partial charge in [-0.2, -0.15) is 0 Å². The number of nitrogens with zero attached hydrogens (tertiary/aromatic N) is 2. The van der Waals surface area contributed by atoms with E-state index >= 15 is 0 Å². The average molecular weight is 469 g/mol. The molecule has 0 aliphatic carbocycles. The van der Waals surface area contributed by atoms with Gasteiger partial charge in [-0.3, -0.25) is 9.59 Å². The molecular weight excluding hydrogens is 440 g/mol. The molecule has 0 radical (unpaired) electrons. The largest absolute Gasteiger partial charge is 0.342 e. The second kappa shape index (κ2) is 9.78. The number of rotatable bonds is 4. The molecule has 0 saturated carbocycles. The van der Waals surface area contributed by atoms with Crippen molar-refractivity contribution in [3.05, 3.63) is 70.2 Å². The molecule has 30 heavy (non-hydrogen) atoms. The summed E-state index contributed by atoms with van der Waals surface area (Å²) in [6.45, 7) is 3.06. The maximum atomic E-state index is 13.0. The van der Waals surface area contributed by atoms with Crippen LogP contribution < -0.4 is 0 Å². The minimum atomic E-state index is 0.0599. The number of piperidine rings is 2. The second-order valence-corrected chi connectivity index (χ2v) is 9.45. The first-order valence-corrected chi connectivity index (χ1v) is 11.8. The van der Waals surface area contributed by atoms with Crippen molar-refractivity contribution < 1.29 is 9.59 Å². The van der Waals surface area contributed by atoms with Gasteiger partial charge in [0.2, 0.25) is 5.91 Å². The Labute approximate surface area is 187 Å². The predicted octanol–water partition coefficient (Wildman–Crippen LogP) is 4.78. The molecule has 0 aromatic heterocycles. The molecule has 2 amide bonds. The van der Waals surface area contributed by atoms with Crippen LogP contribution in [-0.2, 0) is 11.2 Å². The van der Waals surface area contributed by atoms with E-state index in [4.69, 9.17) is 0 Å². The van der Waals surface area contributed by atoms with Gasteiger partial charge < -0.3 is 9.80 Å². The van der Waals surface area contributed by atoms with E-state index in [1.54, 1.807) is 0 Å². The summed E-state index contributed by atoms with van der Waals surface area (Å²) in [6, 6.07) is 18.1. The molecule has 0 unspecified atom stereocenters. The number of benzene rings is 2. The zero-order chi connectivity index (χ0) is 20.9. The highest BCUT2D eigenvalue weighted by Crippen LogP contribution is 2.26. The highest BCUT2D eigenvalue weighted by atomic mass is 79.9. The molecule has 4 nitrogen and oxygen atoms in total. The third-order valence-corrected chi connectivity index (χ3v) is 7.04. The Kier molecular flexibility index (Phi) is 6.88. The molecule has 2 aliphatic heterocycles. The Bertz CT molecular complexity index is 852. The molecule has 0 N–H and O–H groups in total. The van der Waals surface area contributed by atoms with Crippen LogP contribution in [0.25, 0.3) is 0 Å². The Morgan fingerprint density at radius 2 is 1.40 bits per heavy atom. The molecule has 2 saturated heterocycles. The van der Waals surface area contributed by atoms with Crippen LogP contribution in [0.3, 0.4) is 0 Å². The lowest BCUT2D eigenvalue weighted by atomic mass is 9.88. The number of halogens is 1. The number of carbonyl (C=O) groups excluding carboxylic acids is 2. The van der Waals surface area contributed by atoms with Crippen LogP contribution in [0.15, 0.2) is 59.1 Å². The molecule has 0 atom stereocenters. The van der Waals surface area contributed by atoms with Gasteiger partial charge in [0, 0.05) is 42.1 Å². The van der Waals surface area contributed by atoms with E-state index in [2.05, 4.69) is 51.2 Å². The zero-order valence-corrected chi connectivity index (χ0v) is 18.9. The first-order chi connectivity index (χ1) is 14.6. The first-order valence-electron chi connectivity index (χ1n) is 11.0. The number of hydrogen-bond donors (Lipinski definition) is 0. The number of carbonyl (C=O) groups is 2. The Morgan fingerprint density at radius 1 is 0.800 bits per heavy atom. The summed E-state index contributed by atoms with van der Waals surface area (Å²) in [5, 5.41) is 0. The lowest BCUT2D eigenvalue weighted by Crippen LogP contribution is -2.46. The van der Waals surface area contributed by atoms with Crippen LogP contribution in [0.1, 0.15) is 41.6 Å². The summed E-state index contributed by atoms with van der Waals surface area (Å²) in [4.78, 5) is 29.7. The summed E-state index contributed by atoms with van der Waals surface area (Å²) in [5.74, 6) is 1.09. The summed E-state index contributed by atoms with van der Waals surface area (Å²) in [5.41, 5.74) is 2.11. The van der Waals surface area contributed by atoms with Crippen LogP contribution >= 0.6 is 15.9 Å². The third-order valence-electron chi connectivity index (χ3n) is 6.52. The molecule has 0 spiro atoms. The Hall–Kier alpha value is -2.14. The third kappa shape index (κ3) is 5.12. The standard InChI is InChI=1S/C25H29BrN2O2/c26-23-8-6-21(7-9-23)24(29)28-16-12-22(13-17-28)25(30)27-14-10-20(11-15-27)18-19-4-2-1-3-5-19/h1-9,20,22H,10-18H2. The van der Waals surface area contributed by atoms with Crippen LogP contribution in [0.5, 0.6) is 0 Å². The molecule has 2 aromatic rings. The van der Waals surface area contributed by atoms with Crippen LogP contribution in [0.4, 0.5) is 0 Å². The molecule has 2 aromatic carbocycles. The smallest absolute Gasteiger partial charge is 0.253 e. The van der Waals surface area contributed by atoms with Crippen molar-refractivity contribution >= 4 is 27.7 Å². The van der Waals surface area contributed by atoms with Gasteiger partial charge >= 0.3 is 0 Å². The summed E-state index contributed by atoms with van der Waals surface area (Å²) in [6.07, 6.45) is 4.82. The summed E-state index contributed by atoms with van der Waals surface area (Å²) < 4.78 is 0.968. The van der Waals surface area contributed by atoms with E-state index in [1.165, 1.54) is 5.56 Å². The minimum Gasteiger partial charge on any atom is -0.342 e. The van der Waals surface area contributed by atoms with E-state index in [0.717, 1.165) is 49.7 Å². The van der Waals surface area contributed by atoms with Gasteiger partial charge in [0.1, 0.15) is 0 Å². The Morgan fingerprint density at radius 3 is 2.03 bits per heavy atom. The maximum Gasteiger partial charge on any atom is 0.253 e. The number of hydrogen-bond acceptors (Lipinski definition) is 2. The van der Waals surface area contributed by atoms with Crippen LogP contribution in [0, 0.1) is 11.8 Å². The number of likely N-dealkylation sites (tertiary alicyclic amines) is 2. The van der Waals surface area contributed by atoms with E-state index in [9.17, 15) is 9.59 Å².